The molecule has 0 saturated carbocycles. The average molecular weight is 224 g/mol. The van der Waals surface area contributed by atoms with E-state index in [9.17, 15) is 9.18 Å². The lowest BCUT2D eigenvalue weighted by Gasteiger charge is -2.10. The summed E-state index contributed by atoms with van der Waals surface area (Å²) >= 11 is 0. The van der Waals surface area contributed by atoms with Crippen molar-refractivity contribution in [2.75, 3.05) is 19.8 Å². The Morgan fingerprint density at radius 2 is 2.44 bits per heavy atom. The molecule has 0 radical (unpaired) electrons. The van der Waals surface area contributed by atoms with Gasteiger partial charge in [0.05, 0.1) is 13.2 Å². The quantitative estimate of drug-likeness (QED) is 0.734. The van der Waals surface area contributed by atoms with E-state index in [1.807, 2.05) is 0 Å². The highest BCUT2D eigenvalue weighted by Crippen LogP contribution is 2.20. The Morgan fingerprint density at radius 3 is 3.06 bits per heavy atom. The van der Waals surface area contributed by atoms with E-state index >= 15 is 0 Å². The van der Waals surface area contributed by atoms with Gasteiger partial charge in [0.15, 0.2) is 11.6 Å². The zero-order valence-electron chi connectivity index (χ0n) is 8.82. The molecule has 0 spiro atoms. The number of carbonyl (C=O) groups excluding carboxylic acids is 1. The molecular weight excluding hydrogens is 211 g/mol. The van der Waals surface area contributed by atoms with Crippen molar-refractivity contribution in [3.63, 3.8) is 0 Å². The minimum absolute atomic E-state index is 0.192. The number of hydrogen-bond donors (Lipinski definition) is 0. The first kappa shape index (κ1) is 11.1. The summed E-state index contributed by atoms with van der Waals surface area (Å²) in [6.45, 7) is 1.88. The van der Waals surface area contributed by atoms with Crippen molar-refractivity contribution in [1.82, 2.24) is 0 Å². The Morgan fingerprint density at radius 1 is 1.56 bits per heavy atom. The third-order valence-corrected chi connectivity index (χ3v) is 2.59. The summed E-state index contributed by atoms with van der Waals surface area (Å²) in [6.07, 6.45) is 1.56. The lowest BCUT2D eigenvalue weighted by atomic mass is 10.1. The van der Waals surface area contributed by atoms with Crippen LogP contribution in [0.15, 0.2) is 18.2 Å². The van der Waals surface area contributed by atoms with Crippen LogP contribution >= 0.6 is 0 Å². The first-order valence-electron chi connectivity index (χ1n) is 5.25. The molecule has 1 atom stereocenters. The minimum Gasteiger partial charge on any atom is -0.490 e. The van der Waals surface area contributed by atoms with Gasteiger partial charge in [-0.25, -0.2) is 4.39 Å². The standard InChI is InChI=1S/C12H13FO3/c13-11-5-9(6-14)1-2-12(11)16-8-10-3-4-15-7-10/h1-2,5-6,10H,3-4,7-8H2. The van der Waals surface area contributed by atoms with Gasteiger partial charge < -0.3 is 9.47 Å². The zero-order valence-corrected chi connectivity index (χ0v) is 8.82. The molecule has 2 rings (SSSR count). The van der Waals surface area contributed by atoms with E-state index in [0.29, 0.717) is 31.0 Å². The first-order valence-corrected chi connectivity index (χ1v) is 5.25. The molecule has 0 bridgehead atoms. The summed E-state index contributed by atoms with van der Waals surface area (Å²) < 4.78 is 23.9. The molecule has 0 amide bonds. The first-order chi connectivity index (χ1) is 7.79. The molecule has 86 valence electrons. The summed E-state index contributed by atoms with van der Waals surface area (Å²) in [5.74, 6) is 0.0335. The lowest BCUT2D eigenvalue weighted by Crippen LogP contribution is -2.12. The van der Waals surface area contributed by atoms with Crippen molar-refractivity contribution < 1.29 is 18.7 Å². The number of hydrogen-bond acceptors (Lipinski definition) is 3. The number of aldehydes is 1. The smallest absolute Gasteiger partial charge is 0.165 e. The van der Waals surface area contributed by atoms with Crippen molar-refractivity contribution in [3.05, 3.63) is 29.6 Å². The van der Waals surface area contributed by atoms with Gasteiger partial charge in [-0.15, -0.1) is 0 Å². The summed E-state index contributed by atoms with van der Waals surface area (Å²) in [4.78, 5) is 10.4. The minimum atomic E-state index is -0.497. The number of ether oxygens (including phenoxy) is 2. The number of benzene rings is 1. The Kier molecular flexibility index (Phi) is 3.51. The fraction of sp³-hybridized carbons (Fsp3) is 0.417. The molecule has 16 heavy (non-hydrogen) atoms. The van der Waals surface area contributed by atoms with Crippen molar-refractivity contribution in [3.8, 4) is 5.75 Å². The second-order valence-corrected chi connectivity index (χ2v) is 3.85. The molecule has 1 saturated heterocycles. The largest absolute Gasteiger partial charge is 0.490 e. The maximum Gasteiger partial charge on any atom is 0.165 e. The highest BCUT2D eigenvalue weighted by atomic mass is 19.1. The van der Waals surface area contributed by atoms with Crippen LogP contribution in [0.5, 0.6) is 5.75 Å². The number of carbonyl (C=O) groups is 1. The third kappa shape index (κ3) is 2.58. The van der Waals surface area contributed by atoms with Crippen LogP contribution in [0.4, 0.5) is 4.39 Å². The fourth-order valence-corrected chi connectivity index (χ4v) is 1.63. The molecule has 4 heteroatoms. The van der Waals surface area contributed by atoms with Crippen molar-refractivity contribution in [2.45, 2.75) is 6.42 Å². The molecule has 1 aromatic carbocycles. The van der Waals surface area contributed by atoms with Gasteiger partial charge in [-0.05, 0) is 24.6 Å². The molecule has 1 unspecified atom stereocenters. The van der Waals surface area contributed by atoms with E-state index < -0.39 is 5.82 Å². The third-order valence-electron chi connectivity index (χ3n) is 2.59. The molecule has 1 aliphatic rings. The monoisotopic (exact) mass is 224 g/mol. The second kappa shape index (κ2) is 5.07. The van der Waals surface area contributed by atoms with Crippen LogP contribution in [-0.2, 0) is 4.74 Å². The van der Waals surface area contributed by atoms with Crippen LogP contribution in [0, 0.1) is 11.7 Å². The molecule has 0 aromatic heterocycles. The SMILES string of the molecule is O=Cc1ccc(OCC2CCOC2)c(F)c1. The van der Waals surface area contributed by atoms with Crippen molar-refractivity contribution in [2.24, 2.45) is 5.92 Å². The van der Waals surface area contributed by atoms with Gasteiger partial charge in [-0.3, -0.25) is 4.79 Å². The summed E-state index contributed by atoms with van der Waals surface area (Å²) in [7, 11) is 0. The highest BCUT2D eigenvalue weighted by molar-refractivity contribution is 5.74. The lowest BCUT2D eigenvalue weighted by molar-refractivity contribution is 0.112. The van der Waals surface area contributed by atoms with Crippen molar-refractivity contribution >= 4 is 6.29 Å². The van der Waals surface area contributed by atoms with Crippen LogP contribution < -0.4 is 4.74 Å². The Balaban J connectivity index is 1.95. The van der Waals surface area contributed by atoms with Gasteiger partial charge in [-0.2, -0.15) is 0 Å². The van der Waals surface area contributed by atoms with Gasteiger partial charge in [0.1, 0.15) is 6.29 Å². The molecule has 1 fully saturated rings. The number of rotatable bonds is 4. The van der Waals surface area contributed by atoms with Gasteiger partial charge >= 0.3 is 0 Å². The zero-order chi connectivity index (χ0) is 11.4. The predicted octanol–water partition coefficient (Wildman–Crippen LogP) is 2.05. The Hall–Kier alpha value is -1.42. The van der Waals surface area contributed by atoms with E-state index in [2.05, 4.69) is 0 Å². The van der Waals surface area contributed by atoms with E-state index in [-0.39, 0.29) is 5.75 Å². The summed E-state index contributed by atoms with van der Waals surface area (Å²) in [5.41, 5.74) is 0.314. The molecule has 1 aliphatic heterocycles. The van der Waals surface area contributed by atoms with Gasteiger partial charge in [0.25, 0.3) is 0 Å². The molecule has 1 heterocycles. The average Bonchev–Trinajstić information content (AvgIpc) is 2.80. The van der Waals surface area contributed by atoms with Crippen LogP contribution in [0.25, 0.3) is 0 Å². The van der Waals surface area contributed by atoms with E-state index in [1.165, 1.54) is 18.2 Å². The van der Waals surface area contributed by atoms with Crippen LogP contribution in [-0.4, -0.2) is 26.1 Å². The molecule has 0 N–H and O–H groups in total. The van der Waals surface area contributed by atoms with E-state index in [1.54, 1.807) is 0 Å². The van der Waals surface area contributed by atoms with E-state index in [0.717, 1.165) is 13.0 Å². The van der Waals surface area contributed by atoms with Gasteiger partial charge in [-0.1, -0.05) is 0 Å². The van der Waals surface area contributed by atoms with Gasteiger partial charge in [0, 0.05) is 18.1 Å². The van der Waals surface area contributed by atoms with Crippen LogP contribution in [0.3, 0.4) is 0 Å². The normalized spacial score (nSPS) is 19.7. The number of halogens is 1. The fourth-order valence-electron chi connectivity index (χ4n) is 1.63. The van der Waals surface area contributed by atoms with Crippen LogP contribution in [0.1, 0.15) is 16.8 Å². The topological polar surface area (TPSA) is 35.5 Å². The van der Waals surface area contributed by atoms with E-state index in [4.69, 9.17) is 9.47 Å². The van der Waals surface area contributed by atoms with Crippen LogP contribution in [0.2, 0.25) is 0 Å². The van der Waals surface area contributed by atoms with Crippen molar-refractivity contribution in [1.29, 1.82) is 0 Å². The summed E-state index contributed by atoms with van der Waals surface area (Å²) in [5, 5.41) is 0. The molecule has 1 aromatic rings. The molecule has 0 aliphatic carbocycles. The maximum absolute atomic E-state index is 13.4. The summed E-state index contributed by atoms with van der Waals surface area (Å²) in [6, 6.07) is 4.19. The Bertz CT molecular complexity index is 373. The Labute approximate surface area is 93.2 Å². The maximum atomic E-state index is 13.4. The van der Waals surface area contributed by atoms with Gasteiger partial charge in [0.2, 0.25) is 0 Å². The highest BCUT2D eigenvalue weighted by Gasteiger charge is 2.17. The molecular formula is C12H13FO3. The molecule has 3 nitrogen and oxygen atoms in total. The second-order valence-electron chi connectivity index (χ2n) is 3.85. The predicted molar refractivity (Wildman–Crippen MR) is 56.2 cm³/mol.